The molecule has 12 heteroatoms. The van der Waals surface area contributed by atoms with Crippen molar-refractivity contribution in [2.75, 3.05) is 41.9 Å². The second kappa shape index (κ2) is 10.2. The van der Waals surface area contributed by atoms with Gasteiger partial charge < -0.3 is 14.8 Å². The molecule has 0 atom stereocenters. The topological polar surface area (TPSA) is 131 Å². The van der Waals surface area contributed by atoms with Crippen molar-refractivity contribution in [2.45, 2.75) is 4.90 Å². The maximum absolute atomic E-state index is 12.8. The van der Waals surface area contributed by atoms with E-state index >= 15 is 0 Å². The molecule has 0 fully saturated rings. The van der Waals surface area contributed by atoms with Gasteiger partial charge in [-0.25, -0.2) is 16.8 Å². The summed E-state index contributed by atoms with van der Waals surface area (Å²) >= 11 is 0. The Hall–Kier alpha value is -3.77. The summed E-state index contributed by atoms with van der Waals surface area (Å²) in [5.41, 5.74) is 0.916. The molecule has 0 radical (unpaired) electrons. The van der Waals surface area contributed by atoms with Crippen LogP contribution < -0.4 is 23.8 Å². The third-order valence-corrected chi connectivity index (χ3v) is 7.63. The lowest BCUT2D eigenvalue weighted by atomic mass is 10.1. The molecule has 0 aliphatic carbocycles. The fraction of sp³-hybridized carbons (Fsp3) is 0.174. The summed E-state index contributed by atoms with van der Waals surface area (Å²) < 4.78 is 63.3. The molecule has 2 N–H and O–H groups in total. The number of ether oxygens (including phenoxy) is 2. The molecule has 0 aromatic heterocycles. The van der Waals surface area contributed by atoms with Crippen LogP contribution in [0, 0.1) is 0 Å². The number of carbonyl (C=O) groups excluding carboxylic acids is 1. The van der Waals surface area contributed by atoms with Gasteiger partial charge in [0.2, 0.25) is 10.0 Å². The van der Waals surface area contributed by atoms with Gasteiger partial charge >= 0.3 is 0 Å². The minimum absolute atomic E-state index is 0.0365. The number of sulfonamides is 2. The average Bonchev–Trinajstić information content (AvgIpc) is 2.83. The number of hydrogen-bond donors (Lipinski definition) is 2. The van der Waals surface area contributed by atoms with Gasteiger partial charge in [0.05, 0.1) is 42.3 Å². The lowest BCUT2D eigenvalue weighted by Crippen LogP contribution is -2.27. The SMILES string of the molecule is COc1ccc(NS(=O)(=O)c2ccc(NC(=O)c3ccccc3N(C)S(C)(=O)=O)cc2)c(OC)c1. The van der Waals surface area contributed by atoms with E-state index < -0.39 is 26.0 Å². The molecule has 0 spiro atoms. The van der Waals surface area contributed by atoms with E-state index in [1.54, 1.807) is 24.3 Å². The number of nitrogens with zero attached hydrogens (tertiary/aromatic N) is 1. The average molecular weight is 520 g/mol. The molecule has 186 valence electrons. The van der Waals surface area contributed by atoms with Crippen molar-refractivity contribution in [1.82, 2.24) is 0 Å². The third kappa shape index (κ3) is 6.03. The van der Waals surface area contributed by atoms with E-state index in [1.165, 1.54) is 63.7 Å². The molecule has 35 heavy (non-hydrogen) atoms. The lowest BCUT2D eigenvalue weighted by molar-refractivity contribution is 0.102. The molecule has 0 bridgehead atoms. The smallest absolute Gasteiger partial charge is 0.262 e. The van der Waals surface area contributed by atoms with Crippen molar-refractivity contribution in [2.24, 2.45) is 0 Å². The zero-order valence-corrected chi connectivity index (χ0v) is 21.1. The summed E-state index contributed by atoms with van der Waals surface area (Å²) in [6.07, 6.45) is 1.04. The Morgan fingerprint density at radius 3 is 2.14 bits per heavy atom. The first kappa shape index (κ1) is 25.8. The Kier molecular flexibility index (Phi) is 7.56. The summed E-state index contributed by atoms with van der Waals surface area (Å²) in [5.74, 6) is 0.247. The molecule has 0 saturated heterocycles. The van der Waals surface area contributed by atoms with E-state index in [9.17, 15) is 21.6 Å². The molecule has 0 saturated carbocycles. The largest absolute Gasteiger partial charge is 0.497 e. The highest BCUT2D eigenvalue weighted by molar-refractivity contribution is 7.92. The van der Waals surface area contributed by atoms with Gasteiger partial charge in [0, 0.05) is 18.8 Å². The van der Waals surface area contributed by atoms with Crippen LogP contribution in [-0.2, 0) is 20.0 Å². The van der Waals surface area contributed by atoms with Crippen LogP contribution in [0.5, 0.6) is 11.5 Å². The maximum atomic E-state index is 12.8. The van der Waals surface area contributed by atoms with Gasteiger partial charge in [-0.1, -0.05) is 12.1 Å². The van der Waals surface area contributed by atoms with Crippen molar-refractivity contribution in [1.29, 1.82) is 0 Å². The molecule has 0 unspecified atom stereocenters. The van der Waals surface area contributed by atoms with Crippen LogP contribution in [0.25, 0.3) is 0 Å². The molecular weight excluding hydrogens is 494 g/mol. The van der Waals surface area contributed by atoms with Gasteiger partial charge in [-0.15, -0.1) is 0 Å². The summed E-state index contributed by atoms with van der Waals surface area (Å²) in [6, 6.07) is 16.5. The molecule has 3 rings (SSSR count). The highest BCUT2D eigenvalue weighted by atomic mass is 32.2. The number of para-hydroxylation sites is 1. The Morgan fingerprint density at radius 1 is 0.886 bits per heavy atom. The number of anilines is 3. The number of methoxy groups -OCH3 is 2. The fourth-order valence-corrected chi connectivity index (χ4v) is 4.71. The van der Waals surface area contributed by atoms with Gasteiger partial charge in [-0.05, 0) is 48.5 Å². The maximum Gasteiger partial charge on any atom is 0.262 e. The summed E-state index contributed by atoms with van der Waals surface area (Å²) in [4.78, 5) is 12.8. The zero-order chi connectivity index (χ0) is 25.8. The lowest BCUT2D eigenvalue weighted by Gasteiger charge is -2.19. The van der Waals surface area contributed by atoms with Crippen molar-refractivity contribution >= 4 is 43.0 Å². The van der Waals surface area contributed by atoms with Gasteiger partial charge in [-0.2, -0.15) is 0 Å². The molecule has 10 nitrogen and oxygen atoms in total. The van der Waals surface area contributed by atoms with Crippen LogP contribution in [0.1, 0.15) is 10.4 Å². The number of benzene rings is 3. The first-order valence-corrected chi connectivity index (χ1v) is 13.5. The Balaban J connectivity index is 1.80. The molecule has 3 aromatic carbocycles. The first-order valence-electron chi connectivity index (χ1n) is 10.2. The third-order valence-electron chi connectivity index (χ3n) is 5.06. The number of carbonyl (C=O) groups is 1. The van der Waals surface area contributed by atoms with E-state index in [0.717, 1.165) is 10.6 Å². The van der Waals surface area contributed by atoms with Crippen LogP contribution in [0.15, 0.2) is 71.6 Å². The molecular formula is C23H25N3O7S2. The van der Waals surface area contributed by atoms with E-state index in [2.05, 4.69) is 10.0 Å². The number of hydrogen-bond acceptors (Lipinski definition) is 7. The van der Waals surface area contributed by atoms with Crippen LogP contribution >= 0.6 is 0 Å². The second-order valence-corrected chi connectivity index (χ2v) is 11.1. The molecule has 0 aliphatic rings. The number of rotatable bonds is 9. The Labute approximate surface area is 204 Å². The van der Waals surface area contributed by atoms with E-state index in [0.29, 0.717) is 11.4 Å². The van der Waals surface area contributed by atoms with Crippen LogP contribution in [0.3, 0.4) is 0 Å². The fourth-order valence-electron chi connectivity index (χ4n) is 3.12. The highest BCUT2D eigenvalue weighted by Gasteiger charge is 2.20. The van der Waals surface area contributed by atoms with Gasteiger partial charge in [0.1, 0.15) is 11.5 Å². The summed E-state index contributed by atoms with van der Waals surface area (Å²) in [5, 5.41) is 2.65. The minimum Gasteiger partial charge on any atom is -0.497 e. The van der Waals surface area contributed by atoms with Crippen molar-refractivity contribution in [3.05, 3.63) is 72.3 Å². The van der Waals surface area contributed by atoms with E-state index in [4.69, 9.17) is 9.47 Å². The number of nitrogens with one attached hydrogen (secondary N) is 2. The first-order chi connectivity index (χ1) is 16.5. The van der Waals surface area contributed by atoms with E-state index in [1.807, 2.05) is 0 Å². The van der Waals surface area contributed by atoms with Crippen LogP contribution in [-0.4, -0.2) is 50.3 Å². The standard InChI is InChI=1S/C23H25N3O7S2/c1-26(34(4,28)29)21-8-6-5-7-19(21)23(27)24-16-9-12-18(13-10-16)35(30,31)25-20-14-11-17(32-2)15-22(20)33-3/h5-15,25H,1-4H3,(H,24,27). The molecule has 0 aliphatic heterocycles. The Morgan fingerprint density at radius 2 is 1.54 bits per heavy atom. The second-order valence-electron chi connectivity index (χ2n) is 7.40. The Bertz CT molecular complexity index is 1440. The molecule has 3 aromatic rings. The normalized spacial score (nSPS) is 11.4. The summed E-state index contributed by atoms with van der Waals surface area (Å²) in [6.45, 7) is 0. The number of amides is 1. The highest BCUT2D eigenvalue weighted by Crippen LogP contribution is 2.31. The van der Waals surface area contributed by atoms with Crippen molar-refractivity contribution < 1.29 is 31.1 Å². The van der Waals surface area contributed by atoms with Crippen LogP contribution in [0.4, 0.5) is 17.1 Å². The van der Waals surface area contributed by atoms with Crippen molar-refractivity contribution in [3.8, 4) is 11.5 Å². The van der Waals surface area contributed by atoms with E-state index in [-0.39, 0.29) is 27.6 Å². The predicted octanol–water partition coefficient (Wildman–Crippen LogP) is 3.15. The monoisotopic (exact) mass is 519 g/mol. The molecule has 1 amide bonds. The summed E-state index contributed by atoms with van der Waals surface area (Å²) in [7, 11) is -3.28. The predicted molar refractivity (Wildman–Crippen MR) is 134 cm³/mol. The minimum atomic E-state index is -3.95. The zero-order valence-electron chi connectivity index (χ0n) is 19.5. The van der Waals surface area contributed by atoms with Gasteiger partial charge in [0.15, 0.2) is 0 Å². The quantitative estimate of drug-likeness (QED) is 0.444. The van der Waals surface area contributed by atoms with Crippen LogP contribution in [0.2, 0.25) is 0 Å². The molecule has 0 heterocycles. The van der Waals surface area contributed by atoms with Crippen molar-refractivity contribution in [3.63, 3.8) is 0 Å². The van der Waals surface area contributed by atoms with Gasteiger partial charge in [-0.3, -0.25) is 13.8 Å². The van der Waals surface area contributed by atoms with Gasteiger partial charge in [0.25, 0.3) is 15.9 Å².